The first-order chi connectivity index (χ1) is 23.6. The number of aromatic nitrogens is 3. The number of aryl methyl sites for hydroxylation is 7. The second-order valence-corrected chi connectivity index (χ2v) is 15.0. The van der Waals surface area contributed by atoms with Gasteiger partial charge in [-0.25, -0.2) is 14.7 Å². The van der Waals surface area contributed by atoms with Gasteiger partial charge >= 0.3 is 0 Å². The standard InChI is InChI=1S/C38H48N10OS/c1-21-15-23(3)31(24(4)16-21)42-35-32(25(5)19-30(41-35)47(13-12-14-49)33-26(6)17-22(2)18-27(33)7)43-44-36-29(20-39)34(38(9,10)11)45-48(36)37-40-28(8)46-50-37/h15-19,28,46,49H,12-14H2,1-11H3,(H,41,42). The monoisotopic (exact) mass is 692 g/mol. The van der Waals surface area contributed by atoms with Crippen molar-refractivity contribution in [3.05, 3.63) is 80.5 Å². The van der Waals surface area contributed by atoms with Gasteiger partial charge in [-0.3, -0.25) is 0 Å². The third-order valence-corrected chi connectivity index (χ3v) is 9.47. The molecule has 0 amide bonds. The molecule has 1 aliphatic heterocycles. The highest BCUT2D eigenvalue weighted by Crippen LogP contribution is 2.40. The number of aliphatic hydroxyl groups is 1. The number of hydrogen-bond acceptors (Lipinski definition) is 11. The number of nitriles is 1. The van der Waals surface area contributed by atoms with Gasteiger partial charge in [-0.15, -0.1) is 10.2 Å². The highest BCUT2D eigenvalue weighted by Gasteiger charge is 2.31. The lowest BCUT2D eigenvalue weighted by atomic mass is 9.90. The van der Waals surface area contributed by atoms with Crippen LogP contribution in [0.1, 0.15) is 84.3 Å². The summed E-state index contributed by atoms with van der Waals surface area (Å²) in [6.45, 7) is 23.2. The van der Waals surface area contributed by atoms with E-state index in [2.05, 4.69) is 91.8 Å². The molecule has 0 saturated heterocycles. The van der Waals surface area contributed by atoms with Crippen LogP contribution in [0.2, 0.25) is 0 Å². The topological polar surface area (TPSA) is 139 Å². The van der Waals surface area contributed by atoms with Gasteiger partial charge in [0.05, 0.1) is 5.69 Å². The molecule has 1 aliphatic rings. The Kier molecular flexibility index (Phi) is 10.8. The first-order valence-corrected chi connectivity index (χ1v) is 17.7. The molecule has 50 heavy (non-hydrogen) atoms. The van der Waals surface area contributed by atoms with Crippen molar-refractivity contribution in [2.24, 2.45) is 15.2 Å². The van der Waals surface area contributed by atoms with Gasteiger partial charge in [0, 0.05) is 29.9 Å². The van der Waals surface area contributed by atoms with Crippen molar-refractivity contribution in [2.45, 2.75) is 94.2 Å². The van der Waals surface area contributed by atoms with Crippen molar-refractivity contribution in [1.82, 2.24) is 19.5 Å². The number of aliphatic imine (C=N–C) groups is 1. The molecule has 0 radical (unpaired) electrons. The van der Waals surface area contributed by atoms with Crippen molar-refractivity contribution in [3.63, 3.8) is 0 Å². The van der Waals surface area contributed by atoms with Crippen LogP contribution in [-0.2, 0) is 5.41 Å². The number of benzene rings is 2. The van der Waals surface area contributed by atoms with E-state index in [1.807, 2.05) is 40.7 Å². The first kappa shape index (κ1) is 36.7. The molecule has 12 heteroatoms. The molecule has 4 aromatic rings. The fraction of sp³-hybridized carbons (Fsp3) is 0.421. The van der Waals surface area contributed by atoms with Crippen molar-refractivity contribution < 1.29 is 5.11 Å². The molecule has 0 fully saturated rings. The normalized spacial score (nSPS) is 14.7. The number of nitrogens with one attached hydrogen (secondary N) is 2. The van der Waals surface area contributed by atoms with Crippen LogP contribution in [0.5, 0.6) is 0 Å². The third kappa shape index (κ3) is 7.60. The van der Waals surface area contributed by atoms with Crippen LogP contribution >= 0.6 is 11.9 Å². The van der Waals surface area contributed by atoms with Crippen LogP contribution in [0.3, 0.4) is 0 Å². The summed E-state index contributed by atoms with van der Waals surface area (Å²) in [5, 5.41) is 38.9. The Morgan fingerprint density at radius 1 is 0.960 bits per heavy atom. The van der Waals surface area contributed by atoms with Gasteiger partial charge in [0.2, 0.25) is 5.17 Å². The lowest BCUT2D eigenvalue weighted by Gasteiger charge is -2.29. The van der Waals surface area contributed by atoms with Crippen LogP contribution in [0.25, 0.3) is 0 Å². The average molecular weight is 693 g/mol. The lowest BCUT2D eigenvalue weighted by Crippen LogP contribution is -2.23. The van der Waals surface area contributed by atoms with Gasteiger partial charge in [0.15, 0.2) is 11.6 Å². The Morgan fingerprint density at radius 3 is 2.12 bits per heavy atom. The molecule has 5 rings (SSSR count). The maximum Gasteiger partial charge on any atom is 0.203 e. The van der Waals surface area contributed by atoms with Crippen LogP contribution in [0.15, 0.2) is 45.6 Å². The Morgan fingerprint density at radius 2 is 1.58 bits per heavy atom. The zero-order chi connectivity index (χ0) is 36.5. The van der Waals surface area contributed by atoms with E-state index < -0.39 is 5.41 Å². The fourth-order valence-electron chi connectivity index (χ4n) is 6.48. The summed E-state index contributed by atoms with van der Waals surface area (Å²) in [5.74, 6) is 1.57. The Labute approximate surface area is 300 Å². The molecular weight excluding hydrogens is 645 g/mol. The molecule has 1 atom stereocenters. The van der Waals surface area contributed by atoms with Crippen molar-refractivity contribution in [2.75, 3.05) is 23.4 Å². The zero-order valence-corrected chi connectivity index (χ0v) is 31.8. The Balaban J connectivity index is 1.73. The highest BCUT2D eigenvalue weighted by atomic mass is 32.2. The summed E-state index contributed by atoms with van der Waals surface area (Å²) in [5.41, 5.74) is 10.7. The van der Waals surface area contributed by atoms with Gasteiger partial charge < -0.3 is 15.3 Å². The van der Waals surface area contributed by atoms with Crippen LogP contribution in [-0.4, -0.2) is 44.4 Å². The number of anilines is 4. The lowest BCUT2D eigenvalue weighted by molar-refractivity contribution is 0.290. The number of nitrogens with zero attached hydrogens (tertiary/aromatic N) is 8. The number of azo groups is 1. The second-order valence-electron chi connectivity index (χ2n) is 14.2. The minimum Gasteiger partial charge on any atom is -0.396 e. The largest absolute Gasteiger partial charge is 0.396 e. The van der Waals surface area contributed by atoms with E-state index in [4.69, 9.17) is 20.3 Å². The minimum absolute atomic E-state index is 0.0575. The molecule has 0 spiro atoms. The first-order valence-electron chi connectivity index (χ1n) is 16.9. The molecular formula is C38H48N10OS. The predicted octanol–water partition coefficient (Wildman–Crippen LogP) is 9.09. The molecule has 262 valence electrons. The Bertz CT molecular complexity index is 1990. The van der Waals surface area contributed by atoms with Crippen molar-refractivity contribution >= 4 is 51.6 Å². The second kappa shape index (κ2) is 14.7. The summed E-state index contributed by atoms with van der Waals surface area (Å²) >= 11 is 1.35. The molecule has 3 N–H and O–H groups in total. The van der Waals surface area contributed by atoms with Gasteiger partial charge in [-0.1, -0.05) is 56.2 Å². The Hall–Kier alpha value is -4.57. The minimum atomic E-state index is -0.417. The zero-order valence-electron chi connectivity index (χ0n) is 31.0. The fourth-order valence-corrected chi connectivity index (χ4v) is 7.23. The van der Waals surface area contributed by atoms with E-state index in [9.17, 15) is 10.4 Å². The average Bonchev–Trinajstić information content (AvgIpc) is 3.62. The maximum atomic E-state index is 10.4. The maximum absolute atomic E-state index is 10.4. The number of hydrogen-bond donors (Lipinski definition) is 3. The van der Waals surface area contributed by atoms with E-state index in [0.717, 1.165) is 45.0 Å². The summed E-state index contributed by atoms with van der Waals surface area (Å²) in [4.78, 5) is 12.1. The van der Waals surface area contributed by atoms with Crippen LogP contribution in [0, 0.1) is 59.8 Å². The molecule has 0 aliphatic carbocycles. The van der Waals surface area contributed by atoms with Gasteiger partial charge in [-0.05, 0) is 108 Å². The molecule has 2 aromatic heterocycles. The van der Waals surface area contributed by atoms with Crippen LogP contribution < -0.4 is 14.9 Å². The molecule has 2 aromatic carbocycles. The van der Waals surface area contributed by atoms with E-state index in [-0.39, 0.29) is 12.8 Å². The summed E-state index contributed by atoms with van der Waals surface area (Å²) < 4.78 is 4.84. The van der Waals surface area contributed by atoms with E-state index in [1.54, 1.807) is 4.68 Å². The van der Waals surface area contributed by atoms with E-state index in [0.29, 0.717) is 46.7 Å². The molecule has 0 saturated carbocycles. The van der Waals surface area contributed by atoms with Gasteiger partial charge in [0.25, 0.3) is 0 Å². The molecule has 3 heterocycles. The number of rotatable bonds is 9. The SMILES string of the molecule is Cc1cc(C)c(Nc2nc(N(CCCO)c3c(C)cc(C)cc3C)cc(C)c2N=Nc2c(C#N)c(C(C)(C)C)nn2C2=NC(C)NS2)c(C)c1. The predicted molar refractivity (Wildman–Crippen MR) is 205 cm³/mol. The quantitative estimate of drug-likeness (QED) is 0.117. The van der Waals surface area contributed by atoms with Gasteiger partial charge in [0.1, 0.15) is 29.3 Å². The number of aliphatic hydroxyl groups excluding tert-OH is 1. The molecule has 11 nitrogen and oxygen atoms in total. The molecule has 1 unspecified atom stereocenters. The van der Waals surface area contributed by atoms with Crippen LogP contribution in [0.4, 0.5) is 34.5 Å². The smallest absolute Gasteiger partial charge is 0.203 e. The number of pyridine rings is 1. The summed E-state index contributed by atoms with van der Waals surface area (Å²) in [6, 6.07) is 13.0. The summed E-state index contributed by atoms with van der Waals surface area (Å²) in [6.07, 6.45) is 0.457. The highest BCUT2D eigenvalue weighted by molar-refractivity contribution is 8.12. The van der Waals surface area contributed by atoms with Crippen molar-refractivity contribution in [1.29, 1.82) is 5.26 Å². The summed E-state index contributed by atoms with van der Waals surface area (Å²) in [7, 11) is 0. The van der Waals surface area contributed by atoms with Gasteiger partial charge in [-0.2, -0.15) is 15.0 Å². The third-order valence-electron chi connectivity index (χ3n) is 8.55. The molecule has 0 bridgehead atoms. The van der Waals surface area contributed by atoms with E-state index in [1.165, 1.54) is 23.1 Å². The van der Waals surface area contributed by atoms with Crippen molar-refractivity contribution in [3.8, 4) is 6.07 Å². The van der Waals surface area contributed by atoms with E-state index >= 15 is 0 Å².